The van der Waals surface area contributed by atoms with Crippen molar-refractivity contribution in [3.05, 3.63) is 47.5 Å². The van der Waals surface area contributed by atoms with E-state index >= 15 is 0 Å². The van der Waals surface area contributed by atoms with E-state index in [-0.39, 0.29) is 18.3 Å². The molecule has 2 aromatic carbocycles. The lowest BCUT2D eigenvalue weighted by Gasteiger charge is -2.15. The van der Waals surface area contributed by atoms with Crippen LogP contribution in [0.15, 0.2) is 36.4 Å². The van der Waals surface area contributed by atoms with E-state index in [9.17, 15) is 9.59 Å². The number of rotatable bonds is 10. The van der Waals surface area contributed by atoms with Gasteiger partial charge in [-0.3, -0.25) is 4.79 Å². The van der Waals surface area contributed by atoms with Gasteiger partial charge in [0.2, 0.25) is 11.7 Å². The van der Waals surface area contributed by atoms with E-state index in [4.69, 9.17) is 18.9 Å². The van der Waals surface area contributed by atoms with Crippen molar-refractivity contribution in [2.45, 2.75) is 26.2 Å². The molecular weight excluding hydrogens is 374 g/mol. The minimum atomic E-state index is -0.369. The Balaban J connectivity index is 2.03. The molecule has 0 heterocycles. The van der Waals surface area contributed by atoms with Gasteiger partial charge in [0.05, 0.1) is 39.9 Å². The fraction of sp³-hybridized carbons (Fsp3) is 0.364. The Morgan fingerprint density at radius 2 is 1.59 bits per heavy atom. The second-order valence-corrected chi connectivity index (χ2v) is 6.29. The Kier molecular flexibility index (Phi) is 8.33. The van der Waals surface area contributed by atoms with Crippen LogP contribution in [0.3, 0.4) is 0 Å². The molecule has 2 aromatic rings. The van der Waals surface area contributed by atoms with Gasteiger partial charge in [0.15, 0.2) is 11.5 Å². The van der Waals surface area contributed by atoms with Crippen LogP contribution < -0.4 is 19.5 Å². The first kappa shape index (κ1) is 22.1. The summed E-state index contributed by atoms with van der Waals surface area (Å²) < 4.78 is 21.2. The normalized spacial score (nSPS) is 10.2. The number of unbranched alkanes of at least 4 members (excludes halogenated alkanes) is 1. The molecule has 7 nitrogen and oxygen atoms in total. The molecule has 0 saturated heterocycles. The van der Waals surface area contributed by atoms with Crippen LogP contribution in [-0.4, -0.2) is 39.8 Å². The standard InChI is InChI=1S/C22H27NO6/c1-5-6-13-29-22(25)15-7-10-17(11-8-15)23-19(24)14-16-9-12-18(26-2)21(28-4)20(16)27-3/h7-12H,5-6,13-14H2,1-4H3,(H,23,24). The van der Waals surface area contributed by atoms with E-state index in [2.05, 4.69) is 5.32 Å². The maximum Gasteiger partial charge on any atom is 0.338 e. The predicted molar refractivity (Wildman–Crippen MR) is 110 cm³/mol. The van der Waals surface area contributed by atoms with Gasteiger partial charge in [-0.2, -0.15) is 0 Å². The molecule has 0 aliphatic heterocycles. The van der Waals surface area contributed by atoms with Crippen molar-refractivity contribution < 1.29 is 28.5 Å². The Morgan fingerprint density at radius 3 is 2.17 bits per heavy atom. The van der Waals surface area contributed by atoms with Crippen LogP contribution in [0.1, 0.15) is 35.7 Å². The highest BCUT2D eigenvalue weighted by Gasteiger charge is 2.18. The number of methoxy groups -OCH3 is 3. The molecule has 0 aliphatic carbocycles. The molecule has 2 rings (SSSR count). The van der Waals surface area contributed by atoms with Gasteiger partial charge in [0, 0.05) is 11.3 Å². The molecule has 0 spiro atoms. The second-order valence-electron chi connectivity index (χ2n) is 6.29. The van der Waals surface area contributed by atoms with Gasteiger partial charge in [0.1, 0.15) is 0 Å². The summed E-state index contributed by atoms with van der Waals surface area (Å²) in [5.74, 6) is 0.813. The van der Waals surface area contributed by atoms with Crippen LogP contribution >= 0.6 is 0 Å². The van der Waals surface area contributed by atoms with Crippen molar-refractivity contribution in [2.24, 2.45) is 0 Å². The predicted octanol–water partition coefficient (Wildman–Crippen LogP) is 3.85. The van der Waals surface area contributed by atoms with E-state index in [1.54, 1.807) is 36.4 Å². The number of hydrogen-bond donors (Lipinski definition) is 1. The zero-order valence-electron chi connectivity index (χ0n) is 17.2. The molecule has 0 radical (unpaired) electrons. The third-order valence-corrected chi connectivity index (χ3v) is 4.27. The maximum atomic E-state index is 12.5. The van der Waals surface area contributed by atoms with Gasteiger partial charge in [0.25, 0.3) is 0 Å². The van der Waals surface area contributed by atoms with Gasteiger partial charge in [-0.25, -0.2) is 4.79 Å². The average molecular weight is 401 g/mol. The molecule has 0 aliphatic rings. The van der Waals surface area contributed by atoms with Crippen molar-refractivity contribution in [1.29, 1.82) is 0 Å². The number of amides is 1. The van der Waals surface area contributed by atoms with Crippen molar-refractivity contribution in [3.63, 3.8) is 0 Å². The summed E-state index contributed by atoms with van der Waals surface area (Å²) in [6, 6.07) is 10.1. The molecule has 0 bridgehead atoms. The number of ether oxygens (including phenoxy) is 4. The van der Waals surface area contributed by atoms with E-state index in [0.717, 1.165) is 12.8 Å². The van der Waals surface area contributed by atoms with Gasteiger partial charge >= 0.3 is 5.97 Å². The monoisotopic (exact) mass is 401 g/mol. The van der Waals surface area contributed by atoms with Crippen molar-refractivity contribution >= 4 is 17.6 Å². The summed E-state index contributed by atoms with van der Waals surface area (Å²) in [7, 11) is 4.56. The number of esters is 1. The van der Waals surface area contributed by atoms with Crippen LogP contribution in [0.4, 0.5) is 5.69 Å². The molecule has 156 valence electrons. The SMILES string of the molecule is CCCCOC(=O)c1ccc(NC(=O)Cc2ccc(OC)c(OC)c2OC)cc1. The van der Waals surface area contributed by atoms with Crippen LogP contribution in [-0.2, 0) is 16.0 Å². The number of benzene rings is 2. The van der Waals surface area contributed by atoms with Crippen LogP contribution in [0, 0.1) is 0 Å². The smallest absolute Gasteiger partial charge is 0.338 e. The topological polar surface area (TPSA) is 83.1 Å². The average Bonchev–Trinajstić information content (AvgIpc) is 2.73. The summed E-state index contributed by atoms with van der Waals surface area (Å²) in [5, 5.41) is 2.81. The highest BCUT2D eigenvalue weighted by molar-refractivity contribution is 5.94. The maximum absolute atomic E-state index is 12.5. The first-order valence-corrected chi connectivity index (χ1v) is 9.38. The zero-order valence-corrected chi connectivity index (χ0v) is 17.2. The molecule has 0 aromatic heterocycles. The second kappa shape index (κ2) is 10.9. The molecule has 29 heavy (non-hydrogen) atoms. The van der Waals surface area contributed by atoms with Crippen LogP contribution in [0.25, 0.3) is 0 Å². The fourth-order valence-corrected chi connectivity index (χ4v) is 2.76. The Morgan fingerprint density at radius 1 is 0.897 bits per heavy atom. The lowest BCUT2D eigenvalue weighted by Crippen LogP contribution is -2.15. The third kappa shape index (κ3) is 5.88. The van der Waals surface area contributed by atoms with Gasteiger partial charge in [-0.1, -0.05) is 19.4 Å². The molecule has 0 saturated carbocycles. The van der Waals surface area contributed by atoms with Crippen LogP contribution in [0.5, 0.6) is 17.2 Å². The summed E-state index contributed by atoms with van der Waals surface area (Å²) in [4.78, 5) is 24.4. The quantitative estimate of drug-likeness (QED) is 0.481. The number of carbonyl (C=O) groups excluding carboxylic acids is 2. The summed E-state index contributed by atoms with van der Waals surface area (Å²) in [5.41, 5.74) is 1.69. The van der Waals surface area contributed by atoms with Crippen molar-refractivity contribution in [1.82, 2.24) is 0 Å². The Labute approximate surface area is 170 Å². The van der Waals surface area contributed by atoms with E-state index in [0.29, 0.717) is 40.7 Å². The largest absolute Gasteiger partial charge is 0.493 e. The summed E-state index contributed by atoms with van der Waals surface area (Å²) >= 11 is 0. The first-order valence-electron chi connectivity index (χ1n) is 9.38. The fourth-order valence-electron chi connectivity index (χ4n) is 2.76. The Hall–Kier alpha value is -3.22. The van der Waals surface area contributed by atoms with Crippen molar-refractivity contribution in [2.75, 3.05) is 33.3 Å². The van der Waals surface area contributed by atoms with E-state index in [1.807, 2.05) is 6.92 Å². The molecule has 7 heteroatoms. The number of nitrogens with one attached hydrogen (secondary N) is 1. The lowest BCUT2D eigenvalue weighted by molar-refractivity contribution is -0.115. The molecular formula is C22H27NO6. The minimum Gasteiger partial charge on any atom is -0.493 e. The molecule has 1 amide bonds. The highest BCUT2D eigenvalue weighted by Crippen LogP contribution is 2.39. The van der Waals surface area contributed by atoms with E-state index < -0.39 is 0 Å². The zero-order chi connectivity index (χ0) is 21.2. The van der Waals surface area contributed by atoms with E-state index in [1.165, 1.54) is 21.3 Å². The van der Waals surface area contributed by atoms with Gasteiger partial charge < -0.3 is 24.3 Å². The first-order chi connectivity index (χ1) is 14.0. The third-order valence-electron chi connectivity index (χ3n) is 4.27. The molecule has 0 fully saturated rings. The summed E-state index contributed by atoms with van der Waals surface area (Å²) in [6.07, 6.45) is 1.88. The summed E-state index contributed by atoms with van der Waals surface area (Å²) in [6.45, 7) is 2.43. The molecule has 1 N–H and O–H groups in total. The molecule has 0 atom stereocenters. The number of hydrogen-bond acceptors (Lipinski definition) is 6. The molecule has 0 unspecified atom stereocenters. The Bertz CT molecular complexity index is 832. The number of anilines is 1. The van der Waals surface area contributed by atoms with Gasteiger partial charge in [-0.15, -0.1) is 0 Å². The lowest BCUT2D eigenvalue weighted by atomic mass is 10.1. The van der Waals surface area contributed by atoms with Crippen LogP contribution in [0.2, 0.25) is 0 Å². The highest BCUT2D eigenvalue weighted by atomic mass is 16.5. The van der Waals surface area contributed by atoms with Crippen molar-refractivity contribution in [3.8, 4) is 17.2 Å². The number of carbonyl (C=O) groups is 2. The minimum absolute atomic E-state index is 0.0876. The van der Waals surface area contributed by atoms with Gasteiger partial charge in [-0.05, 0) is 36.8 Å².